The highest BCUT2D eigenvalue weighted by Gasteiger charge is 1.97. The van der Waals surface area contributed by atoms with Crippen molar-refractivity contribution < 1.29 is 8.83 Å². The molecular formula is C31H50O2. The second kappa shape index (κ2) is 21.9. The Morgan fingerprint density at radius 3 is 1.55 bits per heavy atom. The first-order valence-electron chi connectivity index (χ1n) is 13.7. The quantitative estimate of drug-likeness (QED) is 0.250. The van der Waals surface area contributed by atoms with Crippen molar-refractivity contribution in [2.75, 3.05) is 0 Å². The second-order valence-electron chi connectivity index (χ2n) is 9.05. The molecular weight excluding hydrogens is 404 g/mol. The van der Waals surface area contributed by atoms with Crippen LogP contribution in [0.3, 0.4) is 0 Å². The number of rotatable bonds is 15. The molecule has 0 saturated carbocycles. The predicted molar refractivity (Wildman–Crippen MR) is 144 cm³/mol. The second-order valence-corrected chi connectivity index (χ2v) is 9.05. The molecule has 2 heteroatoms. The summed E-state index contributed by atoms with van der Waals surface area (Å²) in [6, 6.07) is 8.02. The zero-order valence-electron chi connectivity index (χ0n) is 21.8. The maximum atomic E-state index is 5.24. The van der Waals surface area contributed by atoms with Crippen LogP contribution in [0, 0.1) is 0 Å². The van der Waals surface area contributed by atoms with Crippen LogP contribution in [0.5, 0.6) is 0 Å². The van der Waals surface area contributed by atoms with E-state index >= 15 is 0 Å². The van der Waals surface area contributed by atoms with Gasteiger partial charge in [0.1, 0.15) is 11.5 Å². The molecule has 186 valence electrons. The van der Waals surface area contributed by atoms with E-state index in [-0.39, 0.29) is 0 Å². The van der Waals surface area contributed by atoms with E-state index in [9.17, 15) is 0 Å². The van der Waals surface area contributed by atoms with Crippen LogP contribution < -0.4 is 0 Å². The maximum absolute atomic E-state index is 5.24. The standard InChI is InChI=1S/C11H18O.C10H16O.C10H16/c1-2-3-4-5-6-8-11-9-7-10-12-11;1-2-3-4-5-7-10-8-6-9-11-10;1-2-3-4-7-10-8-5-6-9-10/h7,9-10H,2-6,8H2,1H3;6,8-9H,2-5,7H2,1H3;5-6,8H,2-4,7,9H2,1H3. The first-order chi connectivity index (χ1) is 16.3. The predicted octanol–water partition coefficient (Wildman–Crippen LogP) is 10.6. The van der Waals surface area contributed by atoms with Gasteiger partial charge in [-0.1, -0.05) is 102 Å². The molecule has 2 nitrogen and oxygen atoms in total. The van der Waals surface area contributed by atoms with E-state index in [1.165, 1.54) is 89.9 Å². The van der Waals surface area contributed by atoms with Gasteiger partial charge in [0, 0.05) is 12.8 Å². The molecule has 0 saturated heterocycles. The molecule has 1 aliphatic rings. The van der Waals surface area contributed by atoms with Crippen LogP contribution in [0.2, 0.25) is 0 Å². The van der Waals surface area contributed by atoms with Crippen LogP contribution in [0.15, 0.2) is 69.4 Å². The van der Waals surface area contributed by atoms with Crippen LogP contribution in [-0.2, 0) is 12.8 Å². The summed E-state index contributed by atoms with van der Waals surface area (Å²) < 4.78 is 10.5. The van der Waals surface area contributed by atoms with Gasteiger partial charge in [-0.25, -0.2) is 0 Å². The van der Waals surface area contributed by atoms with E-state index in [2.05, 4.69) is 45.1 Å². The van der Waals surface area contributed by atoms with Crippen molar-refractivity contribution in [2.45, 2.75) is 124 Å². The number of allylic oxidation sites excluding steroid dienone is 4. The lowest BCUT2D eigenvalue weighted by Crippen LogP contribution is -1.82. The van der Waals surface area contributed by atoms with Crippen molar-refractivity contribution in [1.82, 2.24) is 0 Å². The average molecular weight is 455 g/mol. The van der Waals surface area contributed by atoms with E-state index in [1.54, 1.807) is 18.1 Å². The smallest absolute Gasteiger partial charge is 0.103 e. The van der Waals surface area contributed by atoms with Gasteiger partial charge in [-0.3, -0.25) is 0 Å². The molecule has 0 radical (unpaired) electrons. The number of furan rings is 2. The normalized spacial score (nSPS) is 12.0. The molecule has 2 aromatic rings. The molecule has 0 fully saturated rings. The monoisotopic (exact) mass is 454 g/mol. The molecule has 0 N–H and O–H groups in total. The van der Waals surface area contributed by atoms with Gasteiger partial charge in [0.2, 0.25) is 0 Å². The van der Waals surface area contributed by atoms with E-state index < -0.39 is 0 Å². The van der Waals surface area contributed by atoms with Gasteiger partial charge >= 0.3 is 0 Å². The van der Waals surface area contributed by atoms with Gasteiger partial charge in [-0.2, -0.15) is 0 Å². The van der Waals surface area contributed by atoms with Crippen molar-refractivity contribution in [2.24, 2.45) is 0 Å². The highest BCUT2D eigenvalue weighted by Crippen LogP contribution is 2.17. The molecule has 0 unspecified atom stereocenters. The fraction of sp³-hybridized carbons (Fsp3) is 0.613. The third kappa shape index (κ3) is 17.2. The lowest BCUT2D eigenvalue weighted by Gasteiger charge is -1.98. The van der Waals surface area contributed by atoms with Crippen LogP contribution in [-0.4, -0.2) is 0 Å². The molecule has 1 aliphatic carbocycles. The van der Waals surface area contributed by atoms with Gasteiger partial charge in [0.05, 0.1) is 12.5 Å². The highest BCUT2D eigenvalue weighted by molar-refractivity contribution is 5.22. The first-order valence-corrected chi connectivity index (χ1v) is 13.7. The molecule has 2 aromatic heterocycles. The topological polar surface area (TPSA) is 26.3 Å². The summed E-state index contributed by atoms with van der Waals surface area (Å²) in [5.74, 6) is 2.26. The fourth-order valence-electron chi connectivity index (χ4n) is 3.82. The summed E-state index contributed by atoms with van der Waals surface area (Å²) in [6.07, 6.45) is 30.9. The minimum absolute atomic E-state index is 1.10. The van der Waals surface area contributed by atoms with Crippen molar-refractivity contribution in [3.63, 3.8) is 0 Å². The number of aryl methyl sites for hydroxylation is 2. The van der Waals surface area contributed by atoms with Crippen molar-refractivity contribution in [3.8, 4) is 0 Å². The first kappa shape index (κ1) is 29.1. The van der Waals surface area contributed by atoms with Gasteiger partial charge < -0.3 is 8.83 Å². The molecule has 0 amide bonds. The van der Waals surface area contributed by atoms with E-state index in [1.807, 2.05) is 18.2 Å². The summed E-state index contributed by atoms with van der Waals surface area (Å²) >= 11 is 0. The van der Waals surface area contributed by atoms with Gasteiger partial charge in [-0.15, -0.1) is 0 Å². The van der Waals surface area contributed by atoms with Crippen molar-refractivity contribution in [3.05, 3.63) is 72.1 Å². The molecule has 3 rings (SSSR count). The fourth-order valence-corrected chi connectivity index (χ4v) is 3.82. The molecule has 0 aromatic carbocycles. The molecule has 0 atom stereocenters. The Balaban J connectivity index is 0.000000249. The molecule has 0 aliphatic heterocycles. The third-order valence-electron chi connectivity index (χ3n) is 5.91. The van der Waals surface area contributed by atoms with Crippen molar-refractivity contribution in [1.29, 1.82) is 0 Å². The van der Waals surface area contributed by atoms with Crippen LogP contribution in [0.1, 0.15) is 122 Å². The zero-order valence-corrected chi connectivity index (χ0v) is 21.8. The third-order valence-corrected chi connectivity index (χ3v) is 5.91. The Kier molecular flexibility index (Phi) is 19.3. The van der Waals surface area contributed by atoms with Crippen molar-refractivity contribution >= 4 is 0 Å². The van der Waals surface area contributed by atoms with Gasteiger partial charge in [0.15, 0.2) is 0 Å². The molecule has 0 spiro atoms. The van der Waals surface area contributed by atoms with E-state index in [0.717, 1.165) is 24.4 Å². The summed E-state index contributed by atoms with van der Waals surface area (Å²) in [5, 5.41) is 0. The number of unbranched alkanes of at least 4 members (excludes halogenated alkanes) is 9. The molecule has 33 heavy (non-hydrogen) atoms. The van der Waals surface area contributed by atoms with E-state index in [0.29, 0.717) is 0 Å². The summed E-state index contributed by atoms with van der Waals surface area (Å²) in [7, 11) is 0. The lowest BCUT2D eigenvalue weighted by atomic mass is 10.1. The van der Waals surface area contributed by atoms with Crippen LogP contribution in [0.25, 0.3) is 0 Å². The zero-order chi connectivity index (χ0) is 23.8. The van der Waals surface area contributed by atoms with Gasteiger partial charge in [0.25, 0.3) is 0 Å². The summed E-state index contributed by atoms with van der Waals surface area (Å²) in [5.41, 5.74) is 1.62. The van der Waals surface area contributed by atoms with Crippen LogP contribution >= 0.6 is 0 Å². The Morgan fingerprint density at radius 2 is 1.09 bits per heavy atom. The molecule has 2 heterocycles. The molecule has 0 bridgehead atoms. The summed E-state index contributed by atoms with van der Waals surface area (Å²) in [4.78, 5) is 0. The highest BCUT2D eigenvalue weighted by atomic mass is 16.3. The minimum atomic E-state index is 1.10. The minimum Gasteiger partial charge on any atom is -0.469 e. The van der Waals surface area contributed by atoms with Gasteiger partial charge in [-0.05, 0) is 56.4 Å². The lowest BCUT2D eigenvalue weighted by molar-refractivity contribution is 0.493. The largest absolute Gasteiger partial charge is 0.469 e. The van der Waals surface area contributed by atoms with E-state index in [4.69, 9.17) is 8.83 Å². The number of hydrogen-bond donors (Lipinski definition) is 0. The SMILES string of the molecule is CCCCCC1=CC=CC1.CCCCCCCc1ccco1.CCCCCCc1ccco1. The maximum Gasteiger partial charge on any atom is 0.103 e. The number of hydrogen-bond acceptors (Lipinski definition) is 2. The Morgan fingerprint density at radius 1 is 0.606 bits per heavy atom. The Bertz CT molecular complexity index is 677. The Hall–Kier alpha value is -1.96. The summed E-state index contributed by atoms with van der Waals surface area (Å²) in [6.45, 7) is 6.72. The van der Waals surface area contributed by atoms with Crippen LogP contribution in [0.4, 0.5) is 0 Å². The Labute approximate surface area is 204 Å². The average Bonchev–Trinajstić information content (AvgIpc) is 3.62.